The van der Waals surface area contributed by atoms with Crippen LogP contribution in [-0.4, -0.2) is 6.10 Å². The number of benzene rings is 2. The van der Waals surface area contributed by atoms with Crippen LogP contribution in [0.15, 0.2) is 40.8 Å². The number of furan rings is 1. The average molecular weight is 425 g/mol. The molecule has 32 heavy (non-hydrogen) atoms. The third-order valence-corrected chi connectivity index (χ3v) is 8.60. The van der Waals surface area contributed by atoms with Gasteiger partial charge < -0.3 is 9.15 Å². The Kier molecular flexibility index (Phi) is 4.48. The third kappa shape index (κ3) is 3.06. The molecule has 2 aromatic carbocycles. The molecule has 4 aliphatic rings. The normalized spacial score (nSPS) is 25.4. The second-order valence-electron chi connectivity index (χ2n) is 10.5. The van der Waals surface area contributed by atoms with Crippen LogP contribution >= 0.6 is 0 Å². The Labute approximate surface area is 190 Å². The van der Waals surface area contributed by atoms with E-state index in [0.29, 0.717) is 11.8 Å². The van der Waals surface area contributed by atoms with Crippen LogP contribution in [0.2, 0.25) is 0 Å². The topological polar surface area (TPSA) is 22.4 Å². The van der Waals surface area contributed by atoms with Crippen LogP contribution in [0.25, 0.3) is 23.1 Å². The number of hydrogen-bond donors (Lipinski definition) is 0. The van der Waals surface area contributed by atoms with E-state index in [9.17, 15) is 0 Å². The summed E-state index contributed by atoms with van der Waals surface area (Å²) in [4.78, 5) is 0. The molecule has 1 aromatic heterocycles. The molecule has 164 valence electrons. The summed E-state index contributed by atoms with van der Waals surface area (Å²) >= 11 is 0. The quantitative estimate of drug-likeness (QED) is 0.460. The molecular weight excluding hydrogens is 392 g/mol. The first-order valence-electron chi connectivity index (χ1n) is 12.9. The van der Waals surface area contributed by atoms with Crippen LogP contribution < -0.4 is 15.4 Å². The van der Waals surface area contributed by atoms with Gasteiger partial charge in [0.25, 0.3) is 0 Å². The van der Waals surface area contributed by atoms with Gasteiger partial charge in [0.2, 0.25) is 0 Å². The predicted molar refractivity (Wildman–Crippen MR) is 130 cm³/mol. The van der Waals surface area contributed by atoms with E-state index in [1.807, 2.05) is 0 Å². The van der Waals surface area contributed by atoms with Gasteiger partial charge in [-0.25, -0.2) is 0 Å². The van der Waals surface area contributed by atoms with E-state index in [1.54, 1.807) is 0 Å². The zero-order valence-electron chi connectivity index (χ0n) is 18.8. The summed E-state index contributed by atoms with van der Waals surface area (Å²) in [6.45, 7) is 0. The van der Waals surface area contributed by atoms with Crippen molar-refractivity contribution in [3.63, 3.8) is 0 Å². The van der Waals surface area contributed by atoms with Crippen molar-refractivity contribution in [2.24, 2.45) is 0 Å². The molecule has 1 aliphatic heterocycles. The Morgan fingerprint density at radius 1 is 0.688 bits per heavy atom. The maximum absolute atomic E-state index is 6.38. The SMILES string of the molecule is C1=c2oc3ccc(C4CCCCC4)cc3c2=CC2c3cc(C4CCCCC4)ccc3OC12. The average Bonchev–Trinajstić information content (AvgIpc) is 3.40. The van der Waals surface area contributed by atoms with Gasteiger partial charge in [-0.05, 0) is 66.8 Å². The molecule has 0 saturated heterocycles. The molecule has 2 unspecified atom stereocenters. The van der Waals surface area contributed by atoms with Gasteiger partial charge in [-0.2, -0.15) is 0 Å². The maximum Gasteiger partial charge on any atom is 0.135 e. The second kappa shape index (κ2) is 7.54. The summed E-state index contributed by atoms with van der Waals surface area (Å²) in [6.07, 6.45) is 18.3. The Bertz CT molecular complexity index is 1280. The van der Waals surface area contributed by atoms with Gasteiger partial charge in [-0.15, -0.1) is 0 Å². The fourth-order valence-corrected chi connectivity index (χ4v) is 6.81. The van der Waals surface area contributed by atoms with Gasteiger partial charge in [0.1, 0.15) is 22.9 Å². The lowest BCUT2D eigenvalue weighted by Crippen LogP contribution is -2.32. The number of rotatable bonds is 2. The molecule has 2 atom stereocenters. The molecule has 7 rings (SSSR count). The van der Waals surface area contributed by atoms with E-state index in [4.69, 9.17) is 9.15 Å². The second-order valence-corrected chi connectivity index (χ2v) is 10.5. The first-order chi connectivity index (χ1) is 15.8. The van der Waals surface area contributed by atoms with E-state index >= 15 is 0 Å². The largest absolute Gasteiger partial charge is 0.485 e. The minimum atomic E-state index is 0.0532. The Morgan fingerprint density at radius 2 is 1.38 bits per heavy atom. The monoisotopic (exact) mass is 424 g/mol. The smallest absolute Gasteiger partial charge is 0.135 e. The molecule has 0 radical (unpaired) electrons. The predicted octanol–water partition coefficient (Wildman–Crippen LogP) is 6.65. The van der Waals surface area contributed by atoms with Crippen molar-refractivity contribution >= 4 is 23.1 Å². The Balaban J connectivity index is 1.30. The van der Waals surface area contributed by atoms with Crippen LogP contribution in [0.5, 0.6) is 5.75 Å². The van der Waals surface area contributed by atoms with Crippen molar-refractivity contribution in [1.82, 2.24) is 0 Å². The number of ether oxygens (including phenoxy) is 1. The standard InChI is InChI=1S/C30H32O2/c1-3-7-19(8-4-1)21-11-13-27-23(15-21)25-17-26-24-16-22(20-9-5-2-6-10-20)12-14-28(24)32-30(26)18-29(25)31-27/h11-20,25,29H,1-10H2. The van der Waals surface area contributed by atoms with Crippen LogP contribution in [0.3, 0.4) is 0 Å². The van der Waals surface area contributed by atoms with Crippen molar-refractivity contribution in [3.8, 4) is 5.75 Å². The molecule has 3 aromatic rings. The lowest BCUT2D eigenvalue weighted by Gasteiger charge is -2.22. The van der Waals surface area contributed by atoms with E-state index in [2.05, 4.69) is 48.6 Å². The van der Waals surface area contributed by atoms with Crippen LogP contribution in [0, 0.1) is 0 Å². The summed E-state index contributed by atoms with van der Waals surface area (Å²) in [5.41, 5.74) is 6.39. The fourth-order valence-electron chi connectivity index (χ4n) is 6.81. The van der Waals surface area contributed by atoms with Crippen molar-refractivity contribution in [1.29, 1.82) is 0 Å². The molecule has 0 spiro atoms. The zero-order valence-corrected chi connectivity index (χ0v) is 18.8. The van der Waals surface area contributed by atoms with Crippen LogP contribution in [0.1, 0.15) is 98.7 Å². The van der Waals surface area contributed by atoms with Crippen molar-refractivity contribution < 1.29 is 9.15 Å². The first-order valence-corrected chi connectivity index (χ1v) is 12.9. The van der Waals surface area contributed by atoms with E-state index in [0.717, 1.165) is 22.7 Å². The van der Waals surface area contributed by atoms with Crippen molar-refractivity contribution in [2.45, 2.75) is 88.1 Å². The molecule has 2 heteroatoms. The summed E-state index contributed by atoms with van der Waals surface area (Å²) in [5, 5.41) is 2.56. The highest BCUT2D eigenvalue weighted by Gasteiger charge is 2.35. The zero-order chi connectivity index (χ0) is 21.1. The highest BCUT2D eigenvalue weighted by atomic mass is 16.5. The summed E-state index contributed by atoms with van der Waals surface area (Å²) < 4.78 is 12.7. The molecule has 2 fully saturated rings. The highest BCUT2D eigenvalue weighted by molar-refractivity contribution is 5.81. The van der Waals surface area contributed by atoms with E-state index in [-0.39, 0.29) is 6.10 Å². The maximum atomic E-state index is 6.38. The van der Waals surface area contributed by atoms with Crippen molar-refractivity contribution in [2.75, 3.05) is 0 Å². The van der Waals surface area contributed by atoms with Gasteiger partial charge in [0.05, 0.1) is 0 Å². The van der Waals surface area contributed by atoms with Gasteiger partial charge in [0, 0.05) is 28.2 Å². The minimum Gasteiger partial charge on any atom is -0.485 e. The summed E-state index contributed by atoms with van der Waals surface area (Å²) in [7, 11) is 0. The molecular formula is C30H32O2. The van der Waals surface area contributed by atoms with Crippen molar-refractivity contribution in [3.05, 3.63) is 63.7 Å². The molecule has 0 bridgehead atoms. The third-order valence-electron chi connectivity index (χ3n) is 8.60. The Hall–Kier alpha value is -2.48. The molecule has 0 N–H and O–H groups in total. The van der Waals surface area contributed by atoms with Gasteiger partial charge in [-0.3, -0.25) is 0 Å². The number of hydrogen-bond acceptors (Lipinski definition) is 2. The first kappa shape index (κ1) is 19.0. The van der Waals surface area contributed by atoms with Gasteiger partial charge in [-0.1, -0.05) is 62.8 Å². The van der Waals surface area contributed by atoms with E-state index in [1.165, 1.54) is 91.5 Å². The number of fused-ring (bicyclic) bond motifs is 6. The van der Waals surface area contributed by atoms with E-state index < -0.39 is 0 Å². The fraction of sp³-hybridized carbons (Fsp3) is 0.467. The molecule has 2 saturated carbocycles. The molecule has 0 amide bonds. The highest BCUT2D eigenvalue weighted by Crippen LogP contribution is 2.44. The Morgan fingerprint density at radius 3 is 2.12 bits per heavy atom. The summed E-state index contributed by atoms with van der Waals surface area (Å²) in [5.74, 6) is 2.79. The summed E-state index contributed by atoms with van der Waals surface area (Å²) in [6, 6.07) is 13.9. The van der Waals surface area contributed by atoms with Gasteiger partial charge in [0.15, 0.2) is 0 Å². The lowest BCUT2D eigenvalue weighted by atomic mass is 9.82. The molecule has 3 aliphatic carbocycles. The van der Waals surface area contributed by atoms with Crippen LogP contribution in [-0.2, 0) is 0 Å². The molecule has 2 heterocycles. The van der Waals surface area contributed by atoms with Crippen LogP contribution in [0.4, 0.5) is 0 Å². The molecule has 2 nitrogen and oxygen atoms in total. The van der Waals surface area contributed by atoms with Gasteiger partial charge >= 0.3 is 0 Å². The lowest BCUT2D eigenvalue weighted by molar-refractivity contribution is 0.285. The minimum absolute atomic E-state index is 0.0532.